The van der Waals surface area contributed by atoms with Gasteiger partial charge in [0.15, 0.2) is 0 Å². The van der Waals surface area contributed by atoms with Crippen molar-refractivity contribution in [2.75, 3.05) is 0 Å². The van der Waals surface area contributed by atoms with E-state index in [9.17, 15) is 4.79 Å². The van der Waals surface area contributed by atoms with E-state index in [0.717, 1.165) is 17.4 Å². The molecule has 3 rings (SSSR count). The number of hydrogen-bond acceptors (Lipinski definition) is 3. The van der Waals surface area contributed by atoms with Crippen LogP contribution in [0.5, 0.6) is 0 Å². The fraction of sp³-hybridized carbons (Fsp3) is 0.133. The summed E-state index contributed by atoms with van der Waals surface area (Å²) >= 11 is 0. The molecule has 0 spiro atoms. The molecule has 5 heteroatoms. The number of pyridine rings is 1. The summed E-state index contributed by atoms with van der Waals surface area (Å²) in [6, 6.07) is 7.48. The molecule has 0 aliphatic carbocycles. The lowest BCUT2D eigenvalue weighted by Gasteiger charge is -2.05. The summed E-state index contributed by atoms with van der Waals surface area (Å²) in [5, 5.41) is 17.6. The number of fused-ring (bicyclic) bond motifs is 1. The number of aromatic amines is 1. The molecule has 2 N–H and O–H groups in total. The molecule has 0 aliphatic rings. The zero-order valence-electron chi connectivity index (χ0n) is 10.9. The van der Waals surface area contributed by atoms with Crippen LogP contribution < -0.4 is 0 Å². The maximum Gasteiger partial charge on any atom is 0.353 e. The molecule has 0 saturated carbocycles. The SMILES string of the molecule is CCc1cncc2cc(-c3cc(C(=O)O)[nH]n3)ccc12. The first-order valence-corrected chi connectivity index (χ1v) is 6.34. The van der Waals surface area contributed by atoms with Crippen molar-refractivity contribution >= 4 is 16.7 Å². The van der Waals surface area contributed by atoms with E-state index in [0.29, 0.717) is 5.69 Å². The standard InChI is InChI=1S/C15H13N3O2/c1-2-9-7-16-8-11-5-10(3-4-12(9)11)13-6-14(15(19)20)18-17-13/h3-8H,2H2,1H3,(H,17,18)(H,19,20). The van der Waals surface area contributed by atoms with Crippen molar-refractivity contribution in [2.24, 2.45) is 0 Å². The fourth-order valence-electron chi connectivity index (χ4n) is 2.26. The number of hydrogen-bond donors (Lipinski definition) is 2. The molecule has 1 aromatic carbocycles. The Hall–Kier alpha value is -2.69. The number of carboxylic acid groups (broad SMARTS) is 1. The molecule has 5 nitrogen and oxygen atoms in total. The molecule has 2 heterocycles. The van der Waals surface area contributed by atoms with Gasteiger partial charge in [-0.1, -0.05) is 19.1 Å². The lowest BCUT2D eigenvalue weighted by atomic mass is 10.0. The van der Waals surface area contributed by atoms with Crippen molar-refractivity contribution in [1.29, 1.82) is 0 Å². The molecule has 100 valence electrons. The van der Waals surface area contributed by atoms with Gasteiger partial charge in [-0.3, -0.25) is 10.1 Å². The summed E-state index contributed by atoms with van der Waals surface area (Å²) in [7, 11) is 0. The Kier molecular flexibility index (Phi) is 2.95. The van der Waals surface area contributed by atoms with Gasteiger partial charge in [0.05, 0.1) is 5.69 Å². The van der Waals surface area contributed by atoms with Gasteiger partial charge in [-0.05, 0) is 29.5 Å². The summed E-state index contributed by atoms with van der Waals surface area (Å²) in [5.74, 6) is -1.01. The van der Waals surface area contributed by atoms with Crippen molar-refractivity contribution in [3.05, 3.63) is 47.9 Å². The van der Waals surface area contributed by atoms with Crippen molar-refractivity contribution in [2.45, 2.75) is 13.3 Å². The summed E-state index contributed by atoms with van der Waals surface area (Å²) < 4.78 is 0. The van der Waals surface area contributed by atoms with Gasteiger partial charge in [0.25, 0.3) is 0 Å². The Bertz CT molecular complexity index is 793. The monoisotopic (exact) mass is 267 g/mol. The second-order valence-electron chi connectivity index (χ2n) is 4.56. The minimum Gasteiger partial charge on any atom is -0.477 e. The first-order chi connectivity index (χ1) is 9.69. The van der Waals surface area contributed by atoms with E-state index in [1.807, 2.05) is 30.6 Å². The number of nitrogens with zero attached hydrogens (tertiary/aromatic N) is 2. The van der Waals surface area contributed by atoms with Crippen LogP contribution in [0.1, 0.15) is 23.0 Å². The predicted molar refractivity (Wildman–Crippen MR) is 75.7 cm³/mol. The smallest absolute Gasteiger partial charge is 0.353 e. The predicted octanol–water partition coefficient (Wildman–Crippen LogP) is 2.89. The van der Waals surface area contributed by atoms with Crippen LogP contribution in [-0.2, 0) is 6.42 Å². The van der Waals surface area contributed by atoms with E-state index >= 15 is 0 Å². The van der Waals surface area contributed by atoms with Gasteiger partial charge in [-0.15, -0.1) is 0 Å². The molecule has 0 radical (unpaired) electrons. The number of H-pyrrole nitrogens is 1. The van der Waals surface area contributed by atoms with Crippen molar-refractivity contribution in [1.82, 2.24) is 15.2 Å². The summed E-state index contributed by atoms with van der Waals surface area (Å²) in [6.45, 7) is 2.09. The summed E-state index contributed by atoms with van der Waals surface area (Å²) in [5.41, 5.74) is 2.77. The third-order valence-corrected chi connectivity index (χ3v) is 3.33. The molecule has 3 aromatic rings. The number of benzene rings is 1. The maximum absolute atomic E-state index is 10.9. The van der Waals surface area contributed by atoms with Gasteiger partial charge in [0, 0.05) is 23.3 Å². The zero-order valence-corrected chi connectivity index (χ0v) is 10.9. The lowest BCUT2D eigenvalue weighted by Crippen LogP contribution is -1.95. The number of aromatic carboxylic acids is 1. The number of aromatic nitrogens is 3. The van der Waals surface area contributed by atoms with Crippen LogP contribution in [0.3, 0.4) is 0 Å². The van der Waals surface area contributed by atoms with Crippen LogP contribution in [0.4, 0.5) is 0 Å². The van der Waals surface area contributed by atoms with Crippen LogP contribution in [0.2, 0.25) is 0 Å². The normalized spacial score (nSPS) is 10.8. The molecular weight excluding hydrogens is 254 g/mol. The van der Waals surface area contributed by atoms with Gasteiger partial charge in [-0.25, -0.2) is 4.79 Å². The van der Waals surface area contributed by atoms with Crippen molar-refractivity contribution in [3.63, 3.8) is 0 Å². The number of aryl methyl sites for hydroxylation is 1. The van der Waals surface area contributed by atoms with Gasteiger partial charge >= 0.3 is 5.97 Å². The molecule has 20 heavy (non-hydrogen) atoms. The summed E-state index contributed by atoms with van der Waals surface area (Å²) in [4.78, 5) is 15.1. The Morgan fingerprint density at radius 3 is 2.85 bits per heavy atom. The van der Waals surface area contributed by atoms with E-state index in [2.05, 4.69) is 22.1 Å². The Labute approximate surface area is 115 Å². The van der Waals surface area contributed by atoms with E-state index in [1.54, 1.807) is 0 Å². The molecule has 0 amide bonds. The molecule has 0 saturated heterocycles. The number of rotatable bonds is 3. The molecule has 0 fully saturated rings. The highest BCUT2D eigenvalue weighted by molar-refractivity contribution is 5.90. The topological polar surface area (TPSA) is 78.9 Å². The number of carboxylic acids is 1. The first-order valence-electron chi connectivity index (χ1n) is 6.34. The van der Waals surface area contributed by atoms with Crippen molar-refractivity contribution in [3.8, 4) is 11.3 Å². The van der Waals surface area contributed by atoms with E-state index < -0.39 is 5.97 Å². The minimum absolute atomic E-state index is 0.0838. The zero-order chi connectivity index (χ0) is 14.1. The summed E-state index contributed by atoms with van der Waals surface area (Å²) in [6.07, 6.45) is 4.61. The lowest BCUT2D eigenvalue weighted by molar-refractivity contribution is 0.0690. The highest BCUT2D eigenvalue weighted by atomic mass is 16.4. The molecule has 0 bridgehead atoms. The van der Waals surface area contributed by atoms with Crippen LogP contribution in [0.15, 0.2) is 36.7 Å². The molecule has 0 atom stereocenters. The van der Waals surface area contributed by atoms with Crippen LogP contribution in [0, 0.1) is 0 Å². The highest BCUT2D eigenvalue weighted by Crippen LogP contribution is 2.25. The Morgan fingerprint density at radius 1 is 1.30 bits per heavy atom. The molecular formula is C15H13N3O2. The second-order valence-corrected chi connectivity index (χ2v) is 4.56. The molecule has 0 unspecified atom stereocenters. The first kappa shape index (κ1) is 12.3. The molecule has 2 aromatic heterocycles. The van der Waals surface area contributed by atoms with Crippen LogP contribution >= 0.6 is 0 Å². The maximum atomic E-state index is 10.9. The van der Waals surface area contributed by atoms with Gasteiger partial charge in [0.1, 0.15) is 5.69 Å². The average Bonchev–Trinajstić information content (AvgIpc) is 2.96. The van der Waals surface area contributed by atoms with Gasteiger partial charge in [-0.2, -0.15) is 5.10 Å². The van der Waals surface area contributed by atoms with E-state index in [1.165, 1.54) is 17.0 Å². The van der Waals surface area contributed by atoms with Crippen molar-refractivity contribution < 1.29 is 9.90 Å². The van der Waals surface area contributed by atoms with Crippen LogP contribution in [0.25, 0.3) is 22.0 Å². The average molecular weight is 267 g/mol. The number of nitrogens with one attached hydrogen (secondary N) is 1. The van der Waals surface area contributed by atoms with Crippen LogP contribution in [-0.4, -0.2) is 26.3 Å². The van der Waals surface area contributed by atoms with Gasteiger partial charge in [0.2, 0.25) is 0 Å². The molecule has 0 aliphatic heterocycles. The Morgan fingerprint density at radius 2 is 2.15 bits per heavy atom. The van der Waals surface area contributed by atoms with Gasteiger partial charge < -0.3 is 5.11 Å². The minimum atomic E-state index is -1.01. The third kappa shape index (κ3) is 2.03. The second kappa shape index (κ2) is 4.77. The fourth-order valence-corrected chi connectivity index (χ4v) is 2.26. The quantitative estimate of drug-likeness (QED) is 0.764. The van der Waals surface area contributed by atoms with E-state index in [4.69, 9.17) is 5.11 Å². The number of carbonyl (C=O) groups is 1. The van der Waals surface area contributed by atoms with E-state index in [-0.39, 0.29) is 5.69 Å². The highest BCUT2D eigenvalue weighted by Gasteiger charge is 2.10. The third-order valence-electron chi connectivity index (χ3n) is 3.33. The largest absolute Gasteiger partial charge is 0.477 e. The Balaban J connectivity index is 2.10.